The molecule has 0 unspecified atom stereocenters. The van der Waals surface area contributed by atoms with E-state index in [1.807, 2.05) is 54.6 Å². The molecule has 0 saturated heterocycles. The van der Waals surface area contributed by atoms with E-state index in [0.29, 0.717) is 5.58 Å². The van der Waals surface area contributed by atoms with Crippen molar-refractivity contribution in [1.82, 2.24) is 4.57 Å². The van der Waals surface area contributed by atoms with Gasteiger partial charge in [-0.3, -0.25) is 0 Å². The van der Waals surface area contributed by atoms with Gasteiger partial charge in [-0.15, -0.1) is 0 Å². The van der Waals surface area contributed by atoms with E-state index in [0.717, 1.165) is 22.1 Å². The molecule has 2 heterocycles. The average Bonchev–Trinajstić information content (AvgIpc) is 3.12. The van der Waals surface area contributed by atoms with Gasteiger partial charge in [0.2, 0.25) is 5.76 Å². The maximum Gasteiger partial charge on any atom is 0.374 e. The van der Waals surface area contributed by atoms with Crippen molar-refractivity contribution in [3.05, 3.63) is 66.4 Å². The van der Waals surface area contributed by atoms with Crippen LogP contribution in [0.25, 0.3) is 27.7 Å². The highest BCUT2D eigenvalue weighted by Crippen LogP contribution is 2.34. The number of carbonyl (C=O) groups excluding carboxylic acids is 1. The lowest BCUT2D eigenvalue weighted by atomic mass is 10.2. The molecule has 22 heavy (non-hydrogen) atoms. The molecule has 0 spiro atoms. The monoisotopic (exact) mass is 291 g/mol. The fourth-order valence-corrected chi connectivity index (χ4v) is 2.79. The summed E-state index contributed by atoms with van der Waals surface area (Å²) in [6.07, 6.45) is 0. The predicted octanol–water partition coefficient (Wildman–Crippen LogP) is 4.16. The second-order valence-electron chi connectivity index (χ2n) is 5.00. The van der Waals surface area contributed by atoms with Crippen LogP contribution in [0.5, 0.6) is 0 Å². The normalized spacial score (nSPS) is 11.1. The maximum atomic E-state index is 11.7. The molecule has 0 aliphatic carbocycles. The Morgan fingerprint density at radius 3 is 2.50 bits per heavy atom. The van der Waals surface area contributed by atoms with E-state index in [1.165, 1.54) is 7.11 Å². The molecule has 0 saturated carbocycles. The molecule has 0 bridgehead atoms. The summed E-state index contributed by atoms with van der Waals surface area (Å²) in [4.78, 5) is 11.7. The zero-order valence-corrected chi connectivity index (χ0v) is 11.9. The van der Waals surface area contributed by atoms with Gasteiger partial charge in [-0.2, -0.15) is 0 Å². The number of nitrogens with zero attached hydrogens (tertiary/aromatic N) is 1. The highest BCUT2D eigenvalue weighted by atomic mass is 16.5. The minimum absolute atomic E-state index is 0.211. The largest absolute Gasteiger partial charge is 0.463 e. The summed E-state index contributed by atoms with van der Waals surface area (Å²) in [5.41, 5.74) is 3.61. The number of carbonyl (C=O) groups is 1. The van der Waals surface area contributed by atoms with Crippen LogP contribution in [0.4, 0.5) is 0 Å². The summed E-state index contributed by atoms with van der Waals surface area (Å²) in [7, 11) is 1.35. The Morgan fingerprint density at radius 1 is 1.00 bits per heavy atom. The molecule has 0 atom stereocenters. The van der Waals surface area contributed by atoms with Gasteiger partial charge in [0, 0.05) is 17.1 Å². The van der Waals surface area contributed by atoms with E-state index in [2.05, 4.69) is 4.57 Å². The number of aromatic nitrogens is 1. The van der Waals surface area contributed by atoms with Crippen LogP contribution in [0, 0.1) is 0 Å². The second-order valence-corrected chi connectivity index (χ2v) is 5.00. The number of esters is 1. The highest BCUT2D eigenvalue weighted by molar-refractivity contribution is 6.08. The lowest BCUT2D eigenvalue weighted by Gasteiger charge is -2.05. The summed E-state index contributed by atoms with van der Waals surface area (Å²) in [5.74, 6) is -0.261. The number of hydrogen-bond donors (Lipinski definition) is 0. The maximum absolute atomic E-state index is 11.7. The fraction of sp³-hybridized carbons (Fsp3) is 0.0556. The highest BCUT2D eigenvalue weighted by Gasteiger charge is 2.20. The van der Waals surface area contributed by atoms with Crippen LogP contribution in [0.3, 0.4) is 0 Å². The van der Waals surface area contributed by atoms with Crippen molar-refractivity contribution in [2.24, 2.45) is 0 Å². The molecule has 2 aromatic heterocycles. The molecule has 4 heteroatoms. The zero-order valence-electron chi connectivity index (χ0n) is 11.9. The second kappa shape index (κ2) is 4.77. The first kappa shape index (κ1) is 12.7. The Balaban J connectivity index is 2.11. The molecule has 4 nitrogen and oxygen atoms in total. The molecule has 2 aromatic carbocycles. The standard InChI is InChI=1S/C18H13NO3/c1-21-18(20)16-11-15-17(22-16)13-9-5-6-10-14(13)19(15)12-7-3-2-4-8-12/h2-11H,1H3. The third kappa shape index (κ3) is 1.74. The summed E-state index contributed by atoms with van der Waals surface area (Å²) in [6, 6.07) is 19.7. The van der Waals surface area contributed by atoms with Crippen molar-refractivity contribution in [2.45, 2.75) is 0 Å². The summed E-state index contributed by atoms with van der Waals surface area (Å²) in [5, 5.41) is 0.969. The van der Waals surface area contributed by atoms with Gasteiger partial charge >= 0.3 is 5.97 Å². The summed E-state index contributed by atoms with van der Waals surface area (Å²) in [6.45, 7) is 0. The Morgan fingerprint density at radius 2 is 1.73 bits per heavy atom. The number of rotatable bonds is 2. The van der Waals surface area contributed by atoms with Crippen molar-refractivity contribution in [3.63, 3.8) is 0 Å². The van der Waals surface area contributed by atoms with Crippen LogP contribution >= 0.6 is 0 Å². The number of fused-ring (bicyclic) bond motifs is 3. The number of ether oxygens (including phenoxy) is 1. The number of para-hydroxylation sites is 2. The molecule has 4 rings (SSSR count). The number of furan rings is 1. The van der Waals surface area contributed by atoms with Gasteiger partial charge < -0.3 is 13.7 Å². The smallest absolute Gasteiger partial charge is 0.374 e. The lowest BCUT2D eigenvalue weighted by molar-refractivity contribution is 0.0568. The van der Waals surface area contributed by atoms with Crippen molar-refractivity contribution < 1.29 is 13.9 Å². The minimum atomic E-state index is -0.472. The number of benzene rings is 2. The van der Waals surface area contributed by atoms with E-state index in [1.54, 1.807) is 6.07 Å². The van der Waals surface area contributed by atoms with Gasteiger partial charge in [-0.25, -0.2) is 4.79 Å². The minimum Gasteiger partial charge on any atom is -0.463 e. The SMILES string of the molecule is COC(=O)c1cc2c(o1)c1ccccc1n2-c1ccccc1. The van der Waals surface area contributed by atoms with Crippen LogP contribution in [-0.4, -0.2) is 17.6 Å². The third-order valence-electron chi connectivity index (χ3n) is 3.74. The first-order valence-electron chi connectivity index (χ1n) is 6.96. The third-order valence-corrected chi connectivity index (χ3v) is 3.74. The van der Waals surface area contributed by atoms with Crippen LogP contribution in [0.1, 0.15) is 10.6 Å². The van der Waals surface area contributed by atoms with Crippen molar-refractivity contribution in [1.29, 1.82) is 0 Å². The lowest BCUT2D eigenvalue weighted by Crippen LogP contribution is -1.99. The van der Waals surface area contributed by atoms with E-state index >= 15 is 0 Å². The summed E-state index contributed by atoms with van der Waals surface area (Å²) >= 11 is 0. The first-order chi connectivity index (χ1) is 10.8. The van der Waals surface area contributed by atoms with E-state index in [4.69, 9.17) is 9.15 Å². The fourth-order valence-electron chi connectivity index (χ4n) is 2.79. The van der Waals surface area contributed by atoms with Gasteiger partial charge in [0.05, 0.1) is 18.1 Å². The van der Waals surface area contributed by atoms with Crippen LogP contribution in [-0.2, 0) is 4.74 Å². The number of methoxy groups -OCH3 is 1. The molecule has 0 fully saturated rings. The van der Waals surface area contributed by atoms with E-state index in [9.17, 15) is 4.79 Å². The molecular formula is C18H13NO3. The van der Waals surface area contributed by atoms with Crippen LogP contribution in [0.2, 0.25) is 0 Å². The molecule has 0 amide bonds. The van der Waals surface area contributed by atoms with Crippen molar-refractivity contribution in [3.8, 4) is 5.69 Å². The molecule has 108 valence electrons. The molecular weight excluding hydrogens is 278 g/mol. The Kier molecular flexibility index (Phi) is 2.76. The number of hydrogen-bond acceptors (Lipinski definition) is 3. The van der Waals surface area contributed by atoms with Gasteiger partial charge in [0.1, 0.15) is 0 Å². The van der Waals surface area contributed by atoms with Crippen molar-refractivity contribution in [2.75, 3.05) is 7.11 Å². The molecule has 0 aliphatic heterocycles. The zero-order chi connectivity index (χ0) is 15.1. The van der Waals surface area contributed by atoms with Gasteiger partial charge in [-0.05, 0) is 24.3 Å². The van der Waals surface area contributed by atoms with Gasteiger partial charge in [-0.1, -0.05) is 30.3 Å². The quantitative estimate of drug-likeness (QED) is 0.521. The van der Waals surface area contributed by atoms with Gasteiger partial charge in [0.25, 0.3) is 0 Å². The molecule has 0 aliphatic rings. The first-order valence-corrected chi connectivity index (χ1v) is 6.96. The molecule has 4 aromatic rings. The average molecular weight is 291 g/mol. The van der Waals surface area contributed by atoms with Crippen molar-refractivity contribution >= 4 is 28.0 Å². The Bertz CT molecular complexity index is 980. The predicted molar refractivity (Wildman–Crippen MR) is 84.4 cm³/mol. The van der Waals surface area contributed by atoms with Crippen LogP contribution in [0.15, 0.2) is 65.1 Å². The summed E-state index contributed by atoms with van der Waals surface area (Å²) < 4.78 is 12.6. The Labute approximate surface area is 126 Å². The van der Waals surface area contributed by atoms with E-state index < -0.39 is 5.97 Å². The topological polar surface area (TPSA) is 44.4 Å². The molecule has 0 radical (unpaired) electrons. The van der Waals surface area contributed by atoms with Gasteiger partial charge in [0.15, 0.2) is 5.58 Å². The Hall–Kier alpha value is -3.01. The van der Waals surface area contributed by atoms with Crippen LogP contribution < -0.4 is 0 Å². The van der Waals surface area contributed by atoms with E-state index in [-0.39, 0.29) is 5.76 Å². The molecule has 0 N–H and O–H groups in total.